The average molecular weight is 265 g/mol. The fourth-order valence-corrected chi connectivity index (χ4v) is 1.69. The summed E-state index contributed by atoms with van der Waals surface area (Å²) in [6.45, 7) is -1.26. The van der Waals surface area contributed by atoms with Crippen molar-refractivity contribution in [2.45, 2.75) is 18.7 Å². The lowest BCUT2D eigenvalue weighted by atomic mass is 10.1. The Morgan fingerprint density at radius 3 is 2.89 bits per heavy atom. The first-order valence-electron chi connectivity index (χ1n) is 5.30. The van der Waals surface area contributed by atoms with Crippen molar-refractivity contribution in [2.75, 3.05) is 13.2 Å². The van der Waals surface area contributed by atoms with E-state index in [9.17, 15) is 17.6 Å². The highest BCUT2D eigenvalue weighted by Crippen LogP contribution is 2.28. The highest BCUT2D eigenvalue weighted by Gasteiger charge is 2.28. The summed E-state index contributed by atoms with van der Waals surface area (Å²) in [6, 6.07) is 4.13. The van der Waals surface area contributed by atoms with E-state index < -0.39 is 12.8 Å². The van der Waals surface area contributed by atoms with E-state index in [1.54, 1.807) is 0 Å². The highest BCUT2D eigenvalue weighted by atomic mass is 19.4. The first kappa shape index (κ1) is 13.1. The van der Waals surface area contributed by atoms with Gasteiger partial charge in [-0.25, -0.2) is 4.39 Å². The van der Waals surface area contributed by atoms with Gasteiger partial charge in [0.1, 0.15) is 17.7 Å². The minimum absolute atomic E-state index is 0.104. The molecule has 7 heteroatoms. The highest BCUT2D eigenvalue weighted by molar-refractivity contribution is 5.37. The summed E-state index contributed by atoms with van der Waals surface area (Å²) in [5.41, 5.74) is 2.90. The quantitative estimate of drug-likeness (QED) is 0.514. The van der Waals surface area contributed by atoms with E-state index in [0.29, 0.717) is 17.7 Å². The first-order chi connectivity index (χ1) is 8.44. The second-order valence-corrected chi connectivity index (χ2v) is 3.95. The van der Waals surface area contributed by atoms with Crippen LogP contribution >= 0.6 is 0 Å². The van der Waals surface area contributed by atoms with E-state index >= 15 is 0 Å². The molecule has 0 saturated heterocycles. The second-order valence-electron chi connectivity index (χ2n) is 3.95. The number of benzene rings is 1. The Labute approximate surface area is 101 Å². The van der Waals surface area contributed by atoms with Crippen LogP contribution in [0.2, 0.25) is 0 Å². The molecule has 0 radical (unpaired) electrons. The van der Waals surface area contributed by atoms with E-state index in [0.717, 1.165) is 0 Å². The predicted molar refractivity (Wildman–Crippen MR) is 54.5 cm³/mol. The largest absolute Gasteiger partial charge is 0.488 e. The van der Waals surface area contributed by atoms with Gasteiger partial charge in [0.15, 0.2) is 6.61 Å². The molecule has 0 aromatic heterocycles. The lowest BCUT2D eigenvalue weighted by Gasteiger charge is -2.12. The molecule has 1 N–H and O–H groups in total. The maximum atomic E-state index is 12.9. The van der Waals surface area contributed by atoms with Gasteiger partial charge in [-0.1, -0.05) is 0 Å². The molecule has 0 saturated carbocycles. The van der Waals surface area contributed by atoms with E-state index in [1.807, 2.05) is 0 Å². The Morgan fingerprint density at radius 1 is 1.39 bits per heavy atom. The number of fused-ring (bicyclic) bond motifs is 1. The molecule has 1 heterocycles. The summed E-state index contributed by atoms with van der Waals surface area (Å²) in [7, 11) is 0. The molecule has 1 aromatic carbocycles. The third-order valence-electron chi connectivity index (χ3n) is 2.41. The number of alkyl halides is 3. The normalized spacial score (nSPS) is 18.6. The van der Waals surface area contributed by atoms with Crippen LogP contribution in [0.5, 0.6) is 5.75 Å². The summed E-state index contributed by atoms with van der Waals surface area (Å²) < 4.78 is 53.6. The van der Waals surface area contributed by atoms with Gasteiger partial charge < -0.3 is 4.74 Å². The maximum Gasteiger partial charge on any atom is 0.413 e. The lowest BCUT2D eigenvalue weighted by Crippen LogP contribution is -2.33. The third kappa shape index (κ3) is 3.58. The van der Waals surface area contributed by atoms with Crippen molar-refractivity contribution < 1.29 is 27.1 Å². The second kappa shape index (κ2) is 5.11. The van der Waals surface area contributed by atoms with Crippen molar-refractivity contribution in [3.63, 3.8) is 0 Å². The molecule has 3 nitrogen and oxygen atoms in total. The minimum atomic E-state index is -4.37. The van der Waals surface area contributed by atoms with Crippen LogP contribution in [0.1, 0.15) is 5.56 Å². The lowest BCUT2D eigenvalue weighted by molar-refractivity contribution is -0.190. The van der Waals surface area contributed by atoms with Crippen molar-refractivity contribution in [3.8, 4) is 5.75 Å². The number of halogens is 4. The molecule has 0 spiro atoms. The zero-order chi connectivity index (χ0) is 13.2. The number of nitrogens with one attached hydrogen (secondary N) is 1. The number of hydrogen-bond donors (Lipinski definition) is 1. The van der Waals surface area contributed by atoms with Gasteiger partial charge in [0.05, 0.1) is 6.54 Å². The zero-order valence-electron chi connectivity index (χ0n) is 9.26. The van der Waals surface area contributed by atoms with Crippen LogP contribution < -0.4 is 10.2 Å². The van der Waals surface area contributed by atoms with Crippen molar-refractivity contribution >= 4 is 0 Å². The van der Waals surface area contributed by atoms with Gasteiger partial charge in [0.25, 0.3) is 0 Å². The van der Waals surface area contributed by atoms with E-state index in [-0.39, 0.29) is 18.5 Å². The third-order valence-corrected chi connectivity index (χ3v) is 2.41. The molecule has 2 rings (SSSR count). The van der Waals surface area contributed by atoms with Gasteiger partial charge in [-0.3, -0.25) is 4.84 Å². The van der Waals surface area contributed by atoms with Crippen LogP contribution in [-0.4, -0.2) is 25.4 Å². The van der Waals surface area contributed by atoms with Gasteiger partial charge >= 0.3 is 6.18 Å². The summed E-state index contributed by atoms with van der Waals surface area (Å²) in [4.78, 5) is 4.25. The summed E-state index contributed by atoms with van der Waals surface area (Å²) >= 11 is 0. The number of ether oxygens (including phenoxy) is 1. The summed E-state index contributed by atoms with van der Waals surface area (Å²) in [5, 5.41) is 0. The molecule has 1 aliphatic heterocycles. The van der Waals surface area contributed by atoms with Crippen molar-refractivity contribution in [1.82, 2.24) is 5.48 Å². The summed E-state index contributed by atoms with van der Waals surface area (Å²) in [5.74, 6) is 0.193. The molecule has 100 valence electrons. The van der Waals surface area contributed by atoms with Gasteiger partial charge in [0, 0.05) is 12.0 Å². The molecular formula is C11H11F4NO2. The van der Waals surface area contributed by atoms with Crippen LogP contribution in [0.25, 0.3) is 0 Å². The molecule has 0 fully saturated rings. The molecule has 18 heavy (non-hydrogen) atoms. The predicted octanol–water partition coefficient (Wildman–Crippen LogP) is 2.21. The van der Waals surface area contributed by atoms with Crippen LogP contribution in [-0.2, 0) is 11.3 Å². The smallest absolute Gasteiger partial charge is 0.413 e. The zero-order valence-corrected chi connectivity index (χ0v) is 9.26. The van der Waals surface area contributed by atoms with Crippen LogP contribution in [0, 0.1) is 5.82 Å². The van der Waals surface area contributed by atoms with Gasteiger partial charge in [-0.2, -0.15) is 18.7 Å². The minimum Gasteiger partial charge on any atom is -0.488 e. The topological polar surface area (TPSA) is 30.5 Å². The van der Waals surface area contributed by atoms with Crippen LogP contribution in [0.4, 0.5) is 17.6 Å². The van der Waals surface area contributed by atoms with Gasteiger partial charge in [-0.05, 0) is 18.2 Å². The Bertz CT molecular complexity index is 422. The Balaban J connectivity index is 1.75. The Morgan fingerprint density at radius 2 is 2.17 bits per heavy atom. The molecule has 1 aliphatic rings. The SMILES string of the molecule is Fc1ccc2c(c1)CC(CNOCC(F)(F)F)O2. The molecule has 0 amide bonds. The van der Waals surface area contributed by atoms with E-state index in [2.05, 4.69) is 10.3 Å². The molecule has 1 aromatic rings. The van der Waals surface area contributed by atoms with E-state index in [4.69, 9.17) is 4.74 Å². The van der Waals surface area contributed by atoms with Crippen molar-refractivity contribution in [2.24, 2.45) is 0 Å². The molecular weight excluding hydrogens is 254 g/mol. The summed E-state index contributed by atoms with van der Waals surface area (Å²) in [6.07, 6.45) is -4.28. The number of hydroxylamine groups is 1. The first-order valence-corrected chi connectivity index (χ1v) is 5.30. The van der Waals surface area contributed by atoms with Crippen molar-refractivity contribution in [1.29, 1.82) is 0 Å². The van der Waals surface area contributed by atoms with E-state index in [1.165, 1.54) is 18.2 Å². The Hall–Kier alpha value is -1.34. The molecule has 1 unspecified atom stereocenters. The maximum absolute atomic E-state index is 12.9. The molecule has 0 bridgehead atoms. The Kier molecular flexibility index (Phi) is 3.72. The van der Waals surface area contributed by atoms with Crippen LogP contribution in [0.3, 0.4) is 0 Å². The standard InChI is InChI=1S/C11H11F4NO2/c12-8-1-2-10-7(3-8)4-9(18-10)5-16-17-6-11(13,14)15/h1-3,9,16H,4-6H2. The number of hydrogen-bond acceptors (Lipinski definition) is 3. The van der Waals surface area contributed by atoms with Crippen LogP contribution in [0.15, 0.2) is 18.2 Å². The van der Waals surface area contributed by atoms with Gasteiger partial charge in [0.2, 0.25) is 0 Å². The monoisotopic (exact) mass is 265 g/mol. The van der Waals surface area contributed by atoms with Gasteiger partial charge in [-0.15, -0.1) is 0 Å². The average Bonchev–Trinajstić information content (AvgIpc) is 2.65. The van der Waals surface area contributed by atoms with Crippen molar-refractivity contribution in [3.05, 3.63) is 29.6 Å². The number of rotatable bonds is 4. The molecule has 1 atom stereocenters. The fraction of sp³-hybridized carbons (Fsp3) is 0.455. The fourth-order valence-electron chi connectivity index (χ4n) is 1.69. The molecule has 0 aliphatic carbocycles.